The highest BCUT2D eigenvalue weighted by Gasteiger charge is 2.24. The normalized spacial score (nSPS) is 23.7. The van der Waals surface area contributed by atoms with E-state index < -0.39 is 0 Å². The monoisotopic (exact) mass is 250 g/mol. The topological polar surface area (TPSA) is 57.4 Å². The Bertz CT molecular complexity index is 371. The highest BCUT2D eigenvalue weighted by atomic mass is 16.5. The zero-order valence-electron chi connectivity index (χ0n) is 11.0. The molecule has 2 N–H and O–H groups in total. The van der Waals surface area contributed by atoms with Crippen LogP contribution in [0.3, 0.4) is 0 Å². The lowest BCUT2D eigenvalue weighted by molar-refractivity contribution is 0.146. The number of hydrogen-bond donors (Lipinski definition) is 1. The summed E-state index contributed by atoms with van der Waals surface area (Å²) >= 11 is 0. The summed E-state index contributed by atoms with van der Waals surface area (Å²) in [6, 6.07) is 3.71. The van der Waals surface area contributed by atoms with Gasteiger partial charge in [-0.3, -0.25) is 0 Å². The molecule has 0 bridgehead atoms. The number of nitrogens with two attached hydrogens (primary N) is 1. The van der Waals surface area contributed by atoms with Gasteiger partial charge in [0.1, 0.15) is 0 Å². The van der Waals surface area contributed by atoms with Crippen molar-refractivity contribution in [2.45, 2.75) is 25.7 Å². The van der Waals surface area contributed by atoms with Crippen molar-refractivity contribution in [3.63, 3.8) is 0 Å². The van der Waals surface area contributed by atoms with E-state index >= 15 is 0 Å². The lowest BCUT2D eigenvalue weighted by atomic mass is 9.80. The van der Waals surface area contributed by atoms with Crippen LogP contribution in [-0.4, -0.2) is 25.2 Å². The summed E-state index contributed by atoms with van der Waals surface area (Å²) in [7, 11) is 1.63. The van der Waals surface area contributed by atoms with E-state index in [0.29, 0.717) is 30.1 Å². The highest BCUT2D eigenvalue weighted by Crippen LogP contribution is 2.31. The molecule has 2 atom stereocenters. The first-order chi connectivity index (χ1) is 8.85. The molecule has 4 heteroatoms. The maximum absolute atomic E-state index is 5.82. The maximum atomic E-state index is 5.82. The van der Waals surface area contributed by atoms with Crippen molar-refractivity contribution in [1.82, 2.24) is 4.98 Å². The predicted octanol–water partition coefficient (Wildman–Crippen LogP) is 2.23. The Labute approximate surface area is 108 Å². The molecule has 1 aliphatic rings. The molecule has 1 fully saturated rings. The number of rotatable bonds is 5. The molecule has 0 aliphatic heterocycles. The molecular weight excluding hydrogens is 228 g/mol. The Hall–Kier alpha value is -1.29. The zero-order valence-corrected chi connectivity index (χ0v) is 11.0. The predicted molar refractivity (Wildman–Crippen MR) is 70.8 cm³/mol. The maximum Gasteiger partial charge on any atom is 0.256 e. The highest BCUT2D eigenvalue weighted by molar-refractivity contribution is 5.32. The summed E-state index contributed by atoms with van der Waals surface area (Å²) in [5, 5.41) is 0. The van der Waals surface area contributed by atoms with Gasteiger partial charge in [-0.05, 0) is 43.4 Å². The van der Waals surface area contributed by atoms with Gasteiger partial charge in [-0.2, -0.15) is 0 Å². The average Bonchev–Trinajstić information content (AvgIpc) is 2.45. The number of methoxy groups -OCH3 is 1. The van der Waals surface area contributed by atoms with Crippen molar-refractivity contribution in [2.24, 2.45) is 17.6 Å². The van der Waals surface area contributed by atoms with Gasteiger partial charge in [0.2, 0.25) is 0 Å². The molecular formula is C14H22N2O2. The van der Waals surface area contributed by atoms with E-state index in [-0.39, 0.29) is 0 Å². The lowest BCUT2D eigenvalue weighted by Gasteiger charge is -2.30. The molecule has 4 nitrogen and oxygen atoms in total. The van der Waals surface area contributed by atoms with Crippen LogP contribution in [0, 0.1) is 11.8 Å². The van der Waals surface area contributed by atoms with Gasteiger partial charge < -0.3 is 15.2 Å². The Balaban J connectivity index is 1.93. The molecule has 2 rings (SSSR count). The minimum atomic E-state index is 0.551. The van der Waals surface area contributed by atoms with E-state index in [1.165, 1.54) is 25.7 Å². The van der Waals surface area contributed by atoms with Gasteiger partial charge in [-0.15, -0.1) is 0 Å². The number of aromatic nitrogens is 1. The molecule has 1 aliphatic carbocycles. The quantitative estimate of drug-likeness (QED) is 0.870. The third-order valence-corrected chi connectivity index (χ3v) is 3.76. The first-order valence-electron chi connectivity index (χ1n) is 6.67. The van der Waals surface area contributed by atoms with Crippen LogP contribution in [0.5, 0.6) is 11.6 Å². The van der Waals surface area contributed by atoms with Crippen molar-refractivity contribution < 1.29 is 9.47 Å². The SMILES string of the molecule is COc1cccnc1OCC1CCCCC1CN. The van der Waals surface area contributed by atoms with E-state index in [0.717, 1.165) is 6.54 Å². The van der Waals surface area contributed by atoms with Crippen LogP contribution in [0.2, 0.25) is 0 Å². The second-order valence-electron chi connectivity index (χ2n) is 4.86. The van der Waals surface area contributed by atoms with Gasteiger partial charge in [-0.25, -0.2) is 4.98 Å². The number of pyridine rings is 1. The van der Waals surface area contributed by atoms with Gasteiger partial charge in [0.15, 0.2) is 5.75 Å². The van der Waals surface area contributed by atoms with Gasteiger partial charge >= 0.3 is 0 Å². The molecule has 0 aromatic carbocycles. The molecule has 1 heterocycles. The van der Waals surface area contributed by atoms with Crippen LogP contribution in [0.4, 0.5) is 0 Å². The number of hydrogen-bond acceptors (Lipinski definition) is 4. The summed E-state index contributed by atoms with van der Waals surface area (Å²) in [5.41, 5.74) is 5.82. The molecule has 100 valence electrons. The van der Waals surface area contributed by atoms with E-state index in [1.807, 2.05) is 12.1 Å². The second kappa shape index (κ2) is 6.59. The zero-order chi connectivity index (χ0) is 12.8. The second-order valence-corrected chi connectivity index (χ2v) is 4.86. The van der Waals surface area contributed by atoms with Crippen LogP contribution >= 0.6 is 0 Å². The minimum absolute atomic E-state index is 0.551. The van der Waals surface area contributed by atoms with E-state index in [1.54, 1.807) is 13.3 Å². The summed E-state index contributed by atoms with van der Waals surface area (Å²) in [6.45, 7) is 1.45. The van der Waals surface area contributed by atoms with E-state index in [9.17, 15) is 0 Å². The van der Waals surface area contributed by atoms with Gasteiger partial charge in [0.05, 0.1) is 13.7 Å². The van der Waals surface area contributed by atoms with Crippen LogP contribution in [0.25, 0.3) is 0 Å². The van der Waals surface area contributed by atoms with Crippen molar-refractivity contribution in [1.29, 1.82) is 0 Å². The molecule has 1 aromatic heterocycles. The van der Waals surface area contributed by atoms with Gasteiger partial charge in [0, 0.05) is 6.20 Å². The van der Waals surface area contributed by atoms with Crippen LogP contribution < -0.4 is 15.2 Å². The summed E-state index contributed by atoms with van der Waals surface area (Å²) in [4.78, 5) is 4.21. The van der Waals surface area contributed by atoms with Crippen molar-refractivity contribution in [2.75, 3.05) is 20.3 Å². The minimum Gasteiger partial charge on any atom is -0.491 e. The molecule has 0 radical (unpaired) electrons. The molecule has 2 unspecified atom stereocenters. The molecule has 1 saturated carbocycles. The lowest BCUT2D eigenvalue weighted by Crippen LogP contribution is -2.30. The number of ether oxygens (including phenoxy) is 2. The van der Waals surface area contributed by atoms with Crippen LogP contribution in [0.15, 0.2) is 18.3 Å². The Morgan fingerprint density at radius 3 is 2.83 bits per heavy atom. The summed E-state index contributed by atoms with van der Waals surface area (Å²) in [6.07, 6.45) is 6.73. The molecule has 0 spiro atoms. The Morgan fingerprint density at radius 2 is 2.11 bits per heavy atom. The Kier molecular flexibility index (Phi) is 4.81. The first-order valence-corrected chi connectivity index (χ1v) is 6.67. The fourth-order valence-electron chi connectivity index (χ4n) is 2.64. The van der Waals surface area contributed by atoms with Gasteiger partial charge in [-0.1, -0.05) is 12.8 Å². The summed E-state index contributed by atoms with van der Waals surface area (Å²) < 4.78 is 11.0. The molecule has 0 saturated heterocycles. The van der Waals surface area contributed by atoms with Crippen LogP contribution in [-0.2, 0) is 0 Å². The standard InChI is InChI=1S/C14H22N2O2/c1-17-13-7-4-8-16-14(13)18-10-12-6-3-2-5-11(12)9-15/h4,7-8,11-12H,2-3,5-6,9-10,15H2,1H3. The van der Waals surface area contributed by atoms with Crippen molar-refractivity contribution in [3.05, 3.63) is 18.3 Å². The molecule has 18 heavy (non-hydrogen) atoms. The largest absolute Gasteiger partial charge is 0.491 e. The molecule has 0 amide bonds. The molecule has 1 aromatic rings. The van der Waals surface area contributed by atoms with Crippen LogP contribution in [0.1, 0.15) is 25.7 Å². The van der Waals surface area contributed by atoms with Crippen molar-refractivity contribution in [3.8, 4) is 11.6 Å². The average molecular weight is 250 g/mol. The number of nitrogens with zero attached hydrogens (tertiary/aromatic N) is 1. The smallest absolute Gasteiger partial charge is 0.256 e. The fraction of sp³-hybridized carbons (Fsp3) is 0.643. The van der Waals surface area contributed by atoms with E-state index in [4.69, 9.17) is 15.2 Å². The third kappa shape index (κ3) is 3.13. The van der Waals surface area contributed by atoms with E-state index in [2.05, 4.69) is 4.98 Å². The fourth-order valence-corrected chi connectivity index (χ4v) is 2.64. The van der Waals surface area contributed by atoms with Crippen molar-refractivity contribution >= 4 is 0 Å². The first kappa shape index (κ1) is 13.1. The Morgan fingerprint density at radius 1 is 1.33 bits per heavy atom. The summed E-state index contributed by atoms with van der Waals surface area (Å²) in [5.74, 6) is 2.42. The van der Waals surface area contributed by atoms with Gasteiger partial charge in [0.25, 0.3) is 5.88 Å². The third-order valence-electron chi connectivity index (χ3n) is 3.76.